The van der Waals surface area contributed by atoms with Crippen LogP contribution in [0, 0.1) is 6.92 Å². The lowest BCUT2D eigenvalue weighted by molar-refractivity contribution is -0.134. The van der Waals surface area contributed by atoms with Crippen molar-refractivity contribution in [2.45, 2.75) is 19.9 Å². The summed E-state index contributed by atoms with van der Waals surface area (Å²) in [6.45, 7) is 6.69. The molecule has 6 nitrogen and oxygen atoms in total. The molecule has 0 amide bonds. The molecule has 0 aliphatic carbocycles. The SMILES string of the molecule is C=Cc1nc2sc(C)cn2c(=O)c1CN(/C=C/C(=O)OC)CCc1ccccc1. The second-order valence-corrected chi connectivity index (χ2v) is 7.74. The maximum absolute atomic E-state index is 13.1. The Hall–Kier alpha value is -3.19. The largest absolute Gasteiger partial charge is 0.466 e. The highest BCUT2D eigenvalue weighted by molar-refractivity contribution is 7.16. The van der Waals surface area contributed by atoms with E-state index in [1.54, 1.807) is 22.9 Å². The Balaban J connectivity index is 1.92. The molecule has 7 heteroatoms. The van der Waals surface area contributed by atoms with E-state index in [1.807, 2.05) is 42.2 Å². The number of carbonyl (C=O) groups is 1. The standard InChI is InChI=1S/C22H23N3O3S/c1-4-19-18(21(27)25-14-16(2)29-22(25)23-19)15-24(13-11-20(26)28-3)12-10-17-8-6-5-7-9-17/h4-9,11,13-14H,1,10,12,15H2,2-3H3/b13-11+. The Morgan fingerprint density at radius 2 is 2.10 bits per heavy atom. The fraction of sp³-hybridized carbons (Fsp3) is 0.227. The number of ether oxygens (including phenoxy) is 1. The smallest absolute Gasteiger partial charge is 0.331 e. The van der Waals surface area contributed by atoms with Crippen molar-refractivity contribution in [3.63, 3.8) is 0 Å². The summed E-state index contributed by atoms with van der Waals surface area (Å²) in [7, 11) is 1.33. The molecular formula is C22H23N3O3S. The van der Waals surface area contributed by atoms with E-state index in [-0.39, 0.29) is 5.56 Å². The lowest BCUT2D eigenvalue weighted by Gasteiger charge is -2.21. The van der Waals surface area contributed by atoms with Crippen LogP contribution in [0.4, 0.5) is 0 Å². The molecule has 3 aromatic rings. The molecule has 0 radical (unpaired) electrons. The van der Waals surface area contributed by atoms with E-state index < -0.39 is 5.97 Å². The number of fused-ring (bicyclic) bond motifs is 1. The summed E-state index contributed by atoms with van der Waals surface area (Å²) in [5.74, 6) is -0.447. The summed E-state index contributed by atoms with van der Waals surface area (Å²) in [6, 6.07) is 10.0. The monoisotopic (exact) mass is 409 g/mol. The number of methoxy groups -OCH3 is 1. The number of nitrogens with zero attached hydrogens (tertiary/aromatic N) is 3. The van der Waals surface area contributed by atoms with Gasteiger partial charge in [-0.1, -0.05) is 36.9 Å². The van der Waals surface area contributed by atoms with E-state index in [1.165, 1.54) is 30.1 Å². The molecule has 0 atom stereocenters. The first-order valence-corrected chi connectivity index (χ1v) is 10.0. The molecule has 0 aliphatic heterocycles. The molecular weight excluding hydrogens is 386 g/mol. The first-order chi connectivity index (χ1) is 14.0. The van der Waals surface area contributed by atoms with Crippen LogP contribution in [-0.4, -0.2) is 33.9 Å². The summed E-state index contributed by atoms with van der Waals surface area (Å²) >= 11 is 1.46. The van der Waals surface area contributed by atoms with Gasteiger partial charge in [-0.15, -0.1) is 11.3 Å². The lowest BCUT2D eigenvalue weighted by atomic mass is 10.1. The van der Waals surface area contributed by atoms with Gasteiger partial charge in [-0.05, 0) is 25.0 Å². The molecule has 29 heavy (non-hydrogen) atoms. The third-order valence-electron chi connectivity index (χ3n) is 4.48. The quantitative estimate of drug-likeness (QED) is 0.421. The molecule has 0 unspecified atom stereocenters. The average molecular weight is 410 g/mol. The van der Waals surface area contributed by atoms with Crippen LogP contribution in [0.25, 0.3) is 11.0 Å². The Labute approximate surface area is 173 Å². The van der Waals surface area contributed by atoms with Crippen molar-refractivity contribution in [2.75, 3.05) is 13.7 Å². The number of esters is 1. The van der Waals surface area contributed by atoms with Gasteiger partial charge >= 0.3 is 5.97 Å². The van der Waals surface area contributed by atoms with Crippen LogP contribution >= 0.6 is 11.3 Å². The lowest BCUT2D eigenvalue weighted by Crippen LogP contribution is -2.28. The summed E-state index contributed by atoms with van der Waals surface area (Å²) in [5.41, 5.74) is 2.16. The highest BCUT2D eigenvalue weighted by atomic mass is 32.1. The van der Waals surface area contributed by atoms with Crippen molar-refractivity contribution in [3.05, 3.63) is 87.4 Å². The van der Waals surface area contributed by atoms with Crippen LogP contribution in [0.1, 0.15) is 21.7 Å². The average Bonchev–Trinajstić information content (AvgIpc) is 3.12. The van der Waals surface area contributed by atoms with Crippen molar-refractivity contribution >= 4 is 28.3 Å². The summed E-state index contributed by atoms with van der Waals surface area (Å²) in [5, 5.41) is 0. The zero-order valence-electron chi connectivity index (χ0n) is 16.5. The normalized spacial score (nSPS) is 11.1. The number of benzene rings is 1. The minimum Gasteiger partial charge on any atom is -0.466 e. The van der Waals surface area contributed by atoms with E-state index in [2.05, 4.69) is 11.6 Å². The summed E-state index contributed by atoms with van der Waals surface area (Å²) < 4.78 is 6.27. The molecule has 1 aromatic carbocycles. The maximum Gasteiger partial charge on any atom is 0.331 e. The van der Waals surface area contributed by atoms with Crippen LogP contribution in [-0.2, 0) is 22.5 Å². The number of aromatic nitrogens is 2. The van der Waals surface area contributed by atoms with Gasteiger partial charge in [-0.3, -0.25) is 9.20 Å². The second kappa shape index (κ2) is 9.34. The molecule has 0 fully saturated rings. The predicted molar refractivity (Wildman–Crippen MR) is 116 cm³/mol. The van der Waals surface area contributed by atoms with Crippen molar-refractivity contribution in [1.29, 1.82) is 0 Å². The molecule has 150 valence electrons. The van der Waals surface area contributed by atoms with Crippen molar-refractivity contribution < 1.29 is 9.53 Å². The van der Waals surface area contributed by atoms with Gasteiger partial charge in [0, 0.05) is 29.9 Å². The molecule has 0 saturated carbocycles. The van der Waals surface area contributed by atoms with Crippen LogP contribution in [0.5, 0.6) is 0 Å². The van der Waals surface area contributed by atoms with E-state index >= 15 is 0 Å². The fourth-order valence-electron chi connectivity index (χ4n) is 2.98. The molecule has 0 spiro atoms. The number of thiazole rings is 1. The highest BCUT2D eigenvalue weighted by Gasteiger charge is 2.15. The minimum absolute atomic E-state index is 0.120. The van der Waals surface area contributed by atoms with Gasteiger partial charge in [0.05, 0.1) is 24.9 Å². The van der Waals surface area contributed by atoms with Gasteiger partial charge in [-0.25, -0.2) is 9.78 Å². The minimum atomic E-state index is -0.447. The highest BCUT2D eigenvalue weighted by Crippen LogP contribution is 2.17. The Morgan fingerprint density at radius 1 is 1.34 bits per heavy atom. The summed E-state index contributed by atoms with van der Waals surface area (Å²) in [4.78, 5) is 32.8. The number of aryl methyl sites for hydroxylation is 1. The van der Waals surface area contributed by atoms with Gasteiger partial charge in [-0.2, -0.15) is 0 Å². The number of hydrogen-bond acceptors (Lipinski definition) is 6. The third-order valence-corrected chi connectivity index (χ3v) is 5.38. The number of carbonyl (C=O) groups excluding carboxylic acids is 1. The molecule has 3 rings (SSSR count). The van der Waals surface area contributed by atoms with Crippen LogP contribution in [0.3, 0.4) is 0 Å². The van der Waals surface area contributed by atoms with Crippen LogP contribution < -0.4 is 5.56 Å². The first-order valence-electron chi connectivity index (χ1n) is 9.20. The second-order valence-electron chi connectivity index (χ2n) is 6.52. The fourth-order valence-corrected chi connectivity index (χ4v) is 3.81. The Kier molecular flexibility index (Phi) is 6.61. The summed E-state index contributed by atoms with van der Waals surface area (Å²) in [6.07, 6.45) is 7.19. The molecule has 0 saturated heterocycles. The first kappa shape index (κ1) is 20.5. The maximum atomic E-state index is 13.1. The van der Waals surface area contributed by atoms with Gasteiger partial charge in [0.2, 0.25) is 0 Å². The van der Waals surface area contributed by atoms with E-state index in [4.69, 9.17) is 4.74 Å². The molecule has 0 bridgehead atoms. The predicted octanol–water partition coefficient (Wildman–Crippen LogP) is 3.44. The van der Waals surface area contributed by atoms with E-state index in [9.17, 15) is 9.59 Å². The molecule has 2 heterocycles. The van der Waals surface area contributed by atoms with Gasteiger partial charge in [0.25, 0.3) is 5.56 Å². The third kappa shape index (κ3) is 5.00. The Bertz CT molecular complexity index is 1100. The topological polar surface area (TPSA) is 63.9 Å². The van der Waals surface area contributed by atoms with Crippen molar-refractivity contribution in [1.82, 2.24) is 14.3 Å². The van der Waals surface area contributed by atoms with Gasteiger partial charge < -0.3 is 9.64 Å². The van der Waals surface area contributed by atoms with Crippen LogP contribution in [0.15, 0.2) is 60.2 Å². The van der Waals surface area contributed by atoms with E-state index in [0.717, 1.165) is 11.3 Å². The zero-order valence-corrected chi connectivity index (χ0v) is 17.3. The zero-order chi connectivity index (χ0) is 20.8. The molecule has 0 aliphatic rings. The van der Waals surface area contributed by atoms with Crippen LogP contribution in [0.2, 0.25) is 0 Å². The van der Waals surface area contributed by atoms with Gasteiger partial charge in [0.1, 0.15) is 0 Å². The Morgan fingerprint density at radius 3 is 2.79 bits per heavy atom. The molecule has 0 N–H and O–H groups in total. The van der Waals surface area contributed by atoms with E-state index in [0.29, 0.717) is 29.3 Å². The number of rotatable bonds is 8. The van der Waals surface area contributed by atoms with Crippen molar-refractivity contribution in [3.8, 4) is 0 Å². The van der Waals surface area contributed by atoms with Crippen molar-refractivity contribution in [2.24, 2.45) is 0 Å². The molecule has 2 aromatic heterocycles. The van der Waals surface area contributed by atoms with Gasteiger partial charge in [0.15, 0.2) is 4.96 Å². The number of hydrogen-bond donors (Lipinski definition) is 0.